The third-order valence-electron chi connectivity index (χ3n) is 5.69. The van der Waals surface area contributed by atoms with Crippen LogP contribution in [0.25, 0.3) is 0 Å². The first-order valence-electron chi connectivity index (χ1n) is 9.42. The molecule has 2 aliphatic heterocycles. The Labute approximate surface area is 155 Å². The van der Waals surface area contributed by atoms with Crippen LogP contribution in [0.5, 0.6) is 0 Å². The van der Waals surface area contributed by atoms with Crippen LogP contribution in [0.4, 0.5) is 5.82 Å². The molecule has 6 nitrogen and oxygen atoms in total. The number of hydrogen-bond donors (Lipinski definition) is 0. The standard InChI is InChI=1S/C20H28N4O2/c1-15-12-16(2)22-18(17(15)13-21)24-10-7-20(14-24)6-4-8-23(19(20)25)9-5-11-26-3/h12H,4-11,14H2,1-3H3/t20-/m1/s1. The summed E-state index contributed by atoms with van der Waals surface area (Å²) in [6.07, 6.45) is 3.68. The first-order valence-corrected chi connectivity index (χ1v) is 9.42. The largest absolute Gasteiger partial charge is 0.385 e. The van der Waals surface area contributed by atoms with Crippen LogP contribution in [0.3, 0.4) is 0 Å². The Morgan fingerprint density at radius 1 is 1.35 bits per heavy atom. The summed E-state index contributed by atoms with van der Waals surface area (Å²) in [7, 11) is 1.69. The van der Waals surface area contributed by atoms with Crippen LogP contribution in [0.2, 0.25) is 0 Å². The molecule has 26 heavy (non-hydrogen) atoms. The minimum atomic E-state index is -0.322. The minimum absolute atomic E-state index is 0.269. The third kappa shape index (κ3) is 3.41. The van der Waals surface area contributed by atoms with Crippen molar-refractivity contribution in [2.45, 2.75) is 39.5 Å². The summed E-state index contributed by atoms with van der Waals surface area (Å²) in [5.41, 5.74) is 2.17. The number of carbonyl (C=O) groups excluding carboxylic acids is 1. The van der Waals surface area contributed by atoms with E-state index in [2.05, 4.69) is 16.0 Å². The van der Waals surface area contributed by atoms with Gasteiger partial charge in [-0.2, -0.15) is 5.26 Å². The number of pyridine rings is 1. The molecule has 1 aromatic rings. The van der Waals surface area contributed by atoms with Gasteiger partial charge >= 0.3 is 0 Å². The van der Waals surface area contributed by atoms with Crippen LogP contribution in [0, 0.1) is 30.6 Å². The lowest BCUT2D eigenvalue weighted by Crippen LogP contribution is -2.50. The molecular formula is C20H28N4O2. The number of rotatable bonds is 5. The second-order valence-electron chi connectivity index (χ2n) is 7.58. The van der Waals surface area contributed by atoms with E-state index in [1.807, 2.05) is 24.8 Å². The second kappa shape index (κ2) is 7.63. The molecule has 1 atom stereocenters. The van der Waals surface area contributed by atoms with Crippen molar-refractivity contribution < 1.29 is 9.53 Å². The second-order valence-corrected chi connectivity index (χ2v) is 7.58. The highest BCUT2D eigenvalue weighted by molar-refractivity contribution is 5.85. The number of aromatic nitrogens is 1. The van der Waals surface area contributed by atoms with Gasteiger partial charge in [0, 0.05) is 45.6 Å². The highest BCUT2D eigenvalue weighted by atomic mass is 16.5. The quantitative estimate of drug-likeness (QED) is 0.758. The molecule has 1 aromatic heterocycles. The van der Waals surface area contributed by atoms with E-state index < -0.39 is 0 Å². The molecule has 1 amide bonds. The monoisotopic (exact) mass is 356 g/mol. The molecule has 2 saturated heterocycles. The minimum Gasteiger partial charge on any atom is -0.385 e. The predicted molar refractivity (Wildman–Crippen MR) is 100.0 cm³/mol. The van der Waals surface area contributed by atoms with Gasteiger partial charge in [0.15, 0.2) is 0 Å². The van der Waals surface area contributed by atoms with E-state index >= 15 is 0 Å². The Balaban J connectivity index is 1.79. The number of nitriles is 1. The summed E-state index contributed by atoms with van der Waals surface area (Å²) in [6.45, 7) is 7.63. The van der Waals surface area contributed by atoms with E-state index in [9.17, 15) is 10.1 Å². The number of aryl methyl sites for hydroxylation is 2. The Morgan fingerprint density at radius 2 is 2.15 bits per heavy atom. The Morgan fingerprint density at radius 3 is 2.88 bits per heavy atom. The average Bonchev–Trinajstić information content (AvgIpc) is 3.03. The summed E-state index contributed by atoms with van der Waals surface area (Å²) >= 11 is 0. The molecule has 0 bridgehead atoms. The zero-order valence-electron chi connectivity index (χ0n) is 16.0. The topological polar surface area (TPSA) is 69.5 Å². The molecule has 140 valence electrons. The van der Waals surface area contributed by atoms with Gasteiger partial charge in [-0.1, -0.05) is 0 Å². The van der Waals surface area contributed by atoms with Crippen molar-refractivity contribution >= 4 is 11.7 Å². The molecule has 0 radical (unpaired) electrons. The van der Waals surface area contributed by atoms with Crippen molar-refractivity contribution in [2.75, 3.05) is 44.8 Å². The van der Waals surface area contributed by atoms with Gasteiger partial charge in [0.2, 0.25) is 5.91 Å². The fraction of sp³-hybridized carbons (Fsp3) is 0.650. The van der Waals surface area contributed by atoms with Gasteiger partial charge in [-0.25, -0.2) is 4.98 Å². The smallest absolute Gasteiger partial charge is 0.230 e. The maximum Gasteiger partial charge on any atom is 0.230 e. The summed E-state index contributed by atoms with van der Waals surface area (Å²) in [4.78, 5) is 22.0. The first-order chi connectivity index (χ1) is 12.5. The highest BCUT2D eigenvalue weighted by Gasteiger charge is 2.48. The molecule has 3 rings (SSSR count). The summed E-state index contributed by atoms with van der Waals surface area (Å²) in [6, 6.07) is 4.24. The molecule has 3 heterocycles. The molecule has 0 aromatic carbocycles. The van der Waals surface area contributed by atoms with E-state index in [4.69, 9.17) is 4.74 Å². The van der Waals surface area contributed by atoms with E-state index in [1.54, 1.807) is 7.11 Å². The number of methoxy groups -OCH3 is 1. The Hall–Kier alpha value is -2.13. The van der Waals surface area contributed by atoms with Crippen LogP contribution in [-0.4, -0.2) is 55.7 Å². The predicted octanol–water partition coefficient (Wildman–Crippen LogP) is 2.43. The molecule has 0 saturated carbocycles. The summed E-state index contributed by atoms with van der Waals surface area (Å²) < 4.78 is 5.12. The summed E-state index contributed by atoms with van der Waals surface area (Å²) in [5.74, 6) is 1.01. The lowest BCUT2D eigenvalue weighted by atomic mass is 9.78. The highest BCUT2D eigenvalue weighted by Crippen LogP contribution is 2.42. The summed E-state index contributed by atoms with van der Waals surface area (Å²) in [5, 5.41) is 9.56. The van der Waals surface area contributed by atoms with Crippen LogP contribution < -0.4 is 4.90 Å². The van der Waals surface area contributed by atoms with Gasteiger partial charge < -0.3 is 14.5 Å². The lowest BCUT2D eigenvalue weighted by molar-refractivity contribution is -0.145. The van der Waals surface area contributed by atoms with Crippen molar-refractivity contribution in [3.63, 3.8) is 0 Å². The van der Waals surface area contributed by atoms with Crippen molar-refractivity contribution in [2.24, 2.45) is 5.41 Å². The van der Waals surface area contributed by atoms with E-state index in [-0.39, 0.29) is 11.3 Å². The molecule has 1 spiro atoms. The number of nitrogens with zero attached hydrogens (tertiary/aromatic N) is 4. The van der Waals surface area contributed by atoms with Crippen molar-refractivity contribution in [1.82, 2.24) is 9.88 Å². The number of amides is 1. The zero-order chi connectivity index (χ0) is 18.7. The van der Waals surface area contributed by atoms with Gasteiger partial charge in [0.1, 0.15) is 11.9 Å². The number of piperidine rings is 1. The van der Waals surface area contributed by atoms with Crippen molar-refractivity contribution in [1.29, 1.82) is 5.26 Å². The molecule has 0 unspecified atom stereocenters. The van der Waals surface area contributed by atoms with Crippen LogP contribution in [-0.2, 0) is 9.53 Å². The molecule has 0 N–H and O–H groups in total. The Bertz CT molecular complexity index is 727. The average molecular weight is 356 g/mol. The van der Waals surface area contributed by atoms with Crippen LogP contribution >= 0.6 is 0 Å². The molecule has 0 aliphatic carbocycles. The van der Waals surface area contributed by atoms with Gasteiger partial charge in [0.05, 0.1) is 11.0 Å². The normalized spacial score (nSPS) is 22.9. The number of carbonyl (C=O) groups is 1. The van der Waals surface area contributed by atoms with Crippen molar-refractivity contribution in [3.05, 3.63) is 22.9 Å². The molecular weight excluding hydrogens is 328 g/mol. The maximum absolute atomic E-state index is 13.2. The number of ether oxygens (including phenoxy) is 1. The van der Waals surface area contributed by atoms with Gasteiger partial charge in [0.25, 0.3) is 0 Å². The molecule has 2 fully saturated rings. The first kappa shape index (κ1) is 18.7. The van der Waals surface area contributed by atoms with Crippen molar-refractivity contribution in [3.8, 4) is 6.07 Å². The van der Waals surface area contributed by atoms with Crippen LogP contribution in [0.15, 0.2) is 6.07 Å². The third-order valence-corrected chi connectivity index (χ3v) is 5.69. The molecule has 2 aliphatic rings. The van der Waals surface area contributed by atoms with Gasteiger partial charge in [-0.05, 0) is 51.2 Å². The lowest BCUT2D eigenvalue weighted by Gasteiger charge is -2.39. The fourth-order valence-corrected chi connectivity index (χ4v) is 4.38. The Kier molecular flexibility index (Phi) is 5.47. The van der Waals surface area contributed by atoms with Gasteiger partial charge in [-0.15, -0.1) is 0 Å². The number of anilines is 1. The van der Waals surface area contributed by atoms with E-state index in [0.717, 1.165) is 62.4 Å². The van der Waals surface area contributed by atoms with Crippen LogP contribution in [0.1, 0.15) is 42.5 Å². The van der Waals surface area contributed by atoms with Gasteiger partial charge in [-0.3, -0.25) is 4.79 Å². The SMILES string of the molecule is COCCCN1CCC[C@]2(CCN(c3nc(C)cc(C)c3C#N)C2)C1=O. The maximum atomic E-state index is 13.2. The van der Waals surface area contributed by atoms with E-state index in [0.29, 0.717) is 18.7 Å². The fourth-order valence-electron chi connectivity index (χ4n) is 4.38. The molecule has 6 heteroatoms. The number of hydrogen-bond acceptors (Lipinski definition) is 5. The van der Waals surface area contributed by atoms with E-state index in [1.165, 1.54) is 0 Å². The zero-order valence-corrected chi connectivity index (χ0v) is 16.0. The number of likely N-dealkylation sites (tertiary alicyclic amines) is 1.